The van der Waals surface area contributed by atoms with Gasteiger partial charge in [-0.1, -0.05) is 12.2 Å². The molecule has 0 amide bonds. The fourth-order valence-corrected chi connectivity index (χ4v) is 0.909. The molecule has 0 aliphatic carbocycles. The lowest BCUT2D eigenvalue weighted by molar-refractivity contribution is 0.369. The fourth-order valence-electron chi connectivity index (χ4n) is 0.909. The van der Waals surface area contributed by atoms with Crippen LogP contribution in [0.4, 0.5) is 0 Å². The quantitative estimate of drug-likeness (QED) is 0.639. The summed E-state index contributed by atoms with van der Waals surface area (Å²) in [5.41, 5.74) is 0. The first-order chi connectivity index (χ1) is 5.77. The summed E-state index contributed by atoms with van der Waals surface area (Å²) in [5.74, 6) is 0.411. The van der Waals surface area contributed by atoms with Crippen LogP contribution in [0, 0.1) is 0 Å². The van der Waals surface area contributed by atoms with Gasteiger partial charge in [0.1, 0.15) is 0 Å². The lowest BCUT2D eigenvalue weighted by Gasteiger charge is -1.89. The lowest BCUT2D eigenvalue weighted by atomic mass is 10.2. The Morgan fingerprint density at radius 3 is 1.83 bits per heavy atom. The van der Waals surface area contributed by atoms with Crippen molar-refractivity contribution in [2.24, 2.45) is 0 Å². The van der Waals surface area contributed by atoms with E-state index in [0.717, 1.165) is 0 Å². The highest BCUT2D eigenvalue weighted by Gasteiger charge is 2.08. The van der Waals surface area contributed by atoms with Crippen molar-refractivity contribution in [3.05, 3.63) is 47.4 Å². The second-order valence-electron chi connectivity index (χ2n) is 2.29. The maximum absolute atomic E-state index is 10.7. The van der Waals surface area contributed by atoms with Gasteiger partial charge in [-0.25, -0.2) is 4.79 Å². The molecule has 0 aromatic carbocycles. The van der Waals surface area contributed by atoms with Crippen molar-refractivity contribution in [2.75, 3.05) is 0 Å². The van der Waals surface area contributed by atoms with Gasteiger partial charge in [0.15, 0.2) is 11.5 Å². The molecule has 3 nitrogen and oxygen atoms in total. The Kier molecular flexibility index (Phi) is 2.69. The molecule has 0 aliphatic rings. The molecule has 12 heavy (non-hydrogen) atoms. The summed E-state index contributed by atoms with van der Waals surface area (Å²) in [5, 5.41) is 0. The predicted octanol–water partition coefficient (Wildman–Crippen LogP) is 1.69. The van der Waals surface area contributed by atoms with Gasteiger partial charge in [-0.05, 0) is 0 Å². The zero-order chi connectivity index (χ0) is 8.97. The van der Waals surface area contributed by atoms with Crippen molar-refractivity contribution in [3.8, 4) is 0 Å². The molecule has 0 spiro atoms. The van der Waals surface area contributed by atoms with E-state index >= 15 is 0 Å². The van der Waals surface area contributed by atoms with Crippen molar-refractivity contribution in [2.45, 2.75) is 12.8 Å². The molecule has 0 atom stereocenters. The number of hydrogen-bond donors (Lipinski definition) is 0. The summed E-state index contributed by atoms with van der Waals surface area (Å²) in [6.07, 6.45) is 4.32. The molecule has 0 N–H and O–H groups in total. The molecule has 0 saturated heterocycles. The second-order valence-corrected chi connectivity index (χ2v) is 2.29. The molecule has 1 aromatic rings. The van der Waals surface area contributed by atoms with E-state index in [0.29, 0.717) is 24.4 Å². The number of hydrogen-bond acceptors (Lipinski definition) is 3. The standard InChI is InChI=1S/C9H10O3/c1-3-5-7-8(6-4-2)12-9(10)11-7/h3-4H,1-2,5-6H2. The zero-order valence-corrected chi connectivity index (χ0v) is 6.71. The van der Waals surface area contributed by atoms with Crippen molar-refractivity contribution in [3.63, 3.8) is 0 Å². The molecule has 0 bridgehead atoms. The van der Waals surface area contributed by atoms with Gasteiger partial charge in [0.05, 0.1) is 0 Å². The van der Waals surface area contributed by atoms with E-state index in [1.165, 1.54) is 0 Å². The minimum absolute atomic E-state index is 0.509. The molecule has 1 heterocycles. The van der Waals surface area contributed by atoms with Crippen molar-refractivity contribution < 1.29 is 8.83 Å². The summed E-state index contributed by atoms with van der Waals surface area (Å²) in [7, 11) is 0. The normalized spacial score (nSPS) is 9.67. The highest BCUT2D eigenvalue weighted by molar-refractivity contribution is 5.09. The third-order valence-corrected chi connectivity index (χ3v) is 1.38. The van der Waals surface area contributed by atoms with Gasteiger partial charge in [-0.15, -0.1) is 13.2 Å². The Labute approximate surface area is 70.0 Å². The summed E-state index contributed by atoms with van der Waals surface area (Å²) in [4.78, 5) is 10.7. The average Bonchev–Trinajstić information content (AvgIpc) is 2.33. The van der Waals surface area contributed by atoms with Crippen LogP contribution in [0.3, 0.4) is 0 Å². The molecule has 0 radical (unpaired) electrons. The van der Waals surface area contributed by atoms with Crippen LogP contribution in [0.1, 0.15) is 11.5 Å². The maximum atomic E-state index is 10.7. The van der Waals surface area contributed by atoms with Gasteiger partial charge in [0.2, 0.25) is 0 Å². The van der Waals surface area contributed by atoms with E-state index in [1.807, 2.05) is 0 Å². The van der Waals surface area contributed by atoms with Gasteiger partial charge in [-0.2, -0.15) is 0 Å². The molecule has 1 aromatic heterocycles. The summed E-state index contributed by atoms with van der Waals surface area (Å²) >= 11 is 0. The van der Waals surface area contributed by atoms with E-state index in [-0.39, 0.29) is 0 Å². The van der Waals surface area contributed by atoms with E-state index in [4.69, 9.17) is 8.83 Å². The van der Waals surface area contributed by atoms with Gasteiger partial charge < -0.3 is 8.83 Å². The van der Waals surface area contributed by atoms with Crippen LogP contribution in [-0.4, -0.2) is 0 Å². The summed E-state index contributed by atoms with van der Waals surface area (Å²) in [6.45, 7) is 7.07. The van der Waals surface area contributed by atoms with E-state index in [1.54, 1.807) is 12.2 Å². The van der Waals surface area contributed by atoms with Crippen LogP contribution in [0.2, 0.25) is 0 Å². The molecular formula is C9H10O3. The molecule has 0 unspecified atom stereocenters. The SMILES string of the molecule is C=CCc1oc(=O)oc1CC=C. The third kappa shape index (κ3) is 1.75. The average molecular weight is 166 g/mol. The highest BCUT2D eigenvalue weighted by atomic mass is 16.6. The summed E-state index contributed by atoms with van der Waals surface area (Å²) < 4.78 is 9.53. The Hall–Kier alpha value is -1.51. The Morgan fingerprint density at radius 2 is 1.50 bits per heavy atom. The van der Waals surface area contributed by atoms with Crippen LogP contribution >= 0.6 is 0 Å². The summed E-state index contributed by atoms with van der Waals surface area (Å²) in [6, 6.07) is 0. The molecule has 0 fully saturated rings. The first kappa shape index (κ1) is 8.59. The van der Waals surface area contributed by atoms with Crippen LogP contribution < -0.4 is 5.82 Å². The smallest absolute Gasteiger partial charge is 0.395 e. The first-order valence-electron chi connectivity index (χ1n) is 3.61. The molecular weight excluding hydrogens is 156 g/mol. The molecule has 3 heteroatoms. The first-order valence-corrected chi connectivity index (χ1v) is 3.61. The van der Waals surface area contributed by atoms with Crippen LogP contribution in [0.25, 0.3) is 0 Å². The van der Waals surface area contributed by atoms with Crippen LogP contribution in [-0.2, 0) is 12.8 Å². The third-order valence-electron chi connectivity index (χ3n) is 1.38. The van der Waals surface area contributed by atoms with Crippen LogP contribution in [0.15, 0.2) is 38.9 Å². The van der Waals surface area contributed by atoms with E-state index in [2.05, 4.69) is 13.2 Å². The van der Waals surface area contributed by atoms with Gasteiger partial charge >= 0.3 is 5.82 Å². The minimum Gasteiger partial charge on any atom is -0.395 e. The molecule has 1 rings (SSSR count). The molecule has 64 valence electrons. The van der Waals surface area contributed by atoms with Crippen LogP contribution in [0.5, 0.6) is 0 Å². The largest absolute Gasteiger partial charge is 0.519 e. The van der Waals surface area contributed by atoms with Crippen molar-refractivity contribution in [1.82, 2.24) is 0 Å². The van der Waals surface area contributed by atoms with Gasteiger partial charge in [0, 0.05) is 12.8 Å². The van der Waals surface area contributed by atoms with E-state index in [9.17, 15) is 4.79 Å². The van der Waals surface area contributed by atoms with Gasteiger partial charge in [0.25, 0.3) is 0 Å². The Morgan fingerprint density at radius 1 is 1.08 bits per heavy atom. The predicted molar refractivity (Wildman–Crippen MR) is 45.0 cm³/mol. The second kappa shape index (κ2) is 3.76. The highest BCUT2D eigenvalue weighted by Crippen LogP contribution is 2.08. The number of rotatable bonds is 4. The topological polar surface area (TPSA) is 43.4 Å². The maximum Gasteiger partial charge on any atom is 0.519 e. The van der Waals surface area contributed by atoms with E-state index < -0.39 is 5.82 Å². The Bertz CT molecular complexity index is 299. The monoisotopic (exact) mass is 166 g/mol. The minimum atomic E-state index is -0.663. The molecule has 0 aliphatic heterocycles. The zero-order valence-electron chi connectivity index (χ0n) is 6.71. The Balaban J connectivity index is 2.98. The number of allylic oxidation sites excluding steroid dienone is 2. The lowest BCUT2D eigenvalue weighted by Crippen LogP contribution is -1.86. The van der Waals surface area contributed by atoms with Crippen molar-refractivity contribution >= 4 is 0 Å². The molecule has 0 saturated carbocycles. The fraction of sp³-hybridized carbons (Fsp3) is 0.222. The van der Waals surface area contributed by atoms with Crippen molar-refractivity contribution in [1.29, 1.82) is 0 Å². The van der Waals surface area contributed by atoms with Gasteiger partial charge in [-0.3, -0.25) is 0 Å².